The van der Waals surface area contributed by atoms with Gasteiger partial charge in [0.1, 0.15) is 0 Å². The topological polar surface area (TPSA) is 43.4 Å². The molecule has 0 aromatic carbocycles. The summed E-state index contributed by atoms with van der Waals surface area (Å²) in [6.45, 7) is 3.73. The van der Waals surface area contributed by atoms with Gasteiger partial charge in [-0.2, -0.15) is 0 Å². The zero-order chi connectivity index (χ0) is 8.27. The van der Waals surface area contributed by atoms with E-state index in [1.54, 1.807) is 0 Å². The molecular formula is C8H14NO2-. The minimum Gasteiger partial charge on any atom is -0.548 e. The molecule has 1 rings (SSSR count). The molecule has 3 nitrogen and oxygen atoms in total. The van der Waals surface area contributed by atoms with Crippen LogP contribution in [-0.2, 0) is 4.79 Å². The quantitative estimate of drug-likeness (QED) is 0.559. The van der Waals surface area contributed by atoms with E-state index in [4.69, 9.17) is 0 Å². The second-order valence-corrected chi connectivity index (χ2v) is 2.99. The molecule has 1 saturated heterocycles. The summed E-state index contributed by atoms with van der Waals surface area (Å²) in [5, 5.41) is 10.6. The molecular weight excluding hydrogens is 142 g/mol. The van der Waals surface area contributed by atoms with Crippen LogP contribution < -0.4 is 5.11 Å². The molecule has 1 atom stereocenters. The zero-order valence-corrected chi connectivity index (χ0v) is 6.88. The summed E-state index contributed by atoms with van der Waals surface area (Å²) in [6, 6.07) is -0.350. The SMILES string of the molecule is CCC(C(=O)[O-])N1CCCC1. The van der Waals surface area contributed by atoms with Crippen LogP contribution in [0.1, 0.15) is 26.2 Å². The van der Waals surface area contributed by atoms with Crippen LogP contribution in [0.25, 0.3) is 0 Å². The average Bonchev–Trinajstić information content (AvgIpc) is 2.40. The van der Waals surface area contributed by atoms with Crippen molar-refractivity contribution in [3.05, 3.63) is 0 Å². The maximum atomic E-state index is 10.6. The lowest BCUT2D eigenvalue weighted by molar-refractivity contribution is -0.311. The predicted molar refractivity (Wildman–Crippen MR) is 39.9 cm³/mol. The van der Waals surface area contributed by atoms with E-state index < -0.39 is 5.97 Å². The van der Waals surface area contributed by atoms with Gasteiger partial charge in [0, 0.05) is 6.04 Å². The molecule has 1 aliphatic rings. The zero-order valence-electron chi connectivity index (χ0n) is 6.88. The molecule has 1 unspecified atom stereocenters. The molecule has 0 bridgehead atoms. The highest BCUT2D eigenvalue weighted by Gasteiger charge is 2.20. The molecule has 64 valence electrons. The molecule has 0 aromatic heterocycles. The summed E-state index contributed by atoms with van der Waals surface area (Å²) in [7, 11) is 0. The molecule has 0 spiro atoms. The molecule has 0 aliphatic carbocycles. The van der Waals surface area contributed by atoms with Crippen molar-refractivity contribution in [3.63, 3.8) is 0 Å². The van der Waals surface area contributed by atoms with Gasteiger partial charge in [0.15, 0.2) is 0 Å². The van der Waals surface area contributed by atoms with Crippen LogP contribution in [-0.4, -0.2) is 30.0 Å². The lowest BCUT2D eigenvalue weighted by Crippen LogP contribution is -2.46. The molecule has 0 saturated carbocycles. The second-order valence-electron chi connectivity index (χ2n) is 2.99. The van der Waals surface area contributed by atoms with Gasteiger partial charge in [-0.1, -0.05) is 6.92 Å². The molecule has 1 heterocycles. The molecule has 0 amide bonds. The fourth-order valence-electron chi connectivity index (χ4n) is 1.63. The van der Waals surface area contributed by atoms with Gasteiger partial charge in [0.25, 0.3) is 0 Å². The normalized spacial score (nSPS) is 21.9. The van der Waals surface area contributed by atoms with Gasteiger partial charge >= 0.3 is 0 Å². The molecule has 11 heavy (non-hydrogen) atoms. The Labute approximate surface area is 67.0 Å². The van der Waals surface area contributed by atoms with Crippen LogP contribution in [0, 0.1) is 0 Å². The first-order valence-corrected chi connectivity index (χ1v) is 4.20. The fourth-order valence-corrected chi connectivity index (χ4v) is 1.63. The van der Waals surface area contributed by atoms with Crippen LogP contribution >= 0.6 is 0 Å². The standard InChI is InChI=1S/C8H15NO2/c1-2-7(8(10)11)9-5-3-4-6-9/h7H,2-6H2,1H3,(H,10,11)/p-1. The van der Waals surface area contributed by atoms with E-state index in [0.717, 1.165) is 25.9 Å². The van der Waals surface area contributed by atoms with Crippen molar-refractivity contribution in [1.82, 2.24) is 4.90 Å². The predicted octanol–water partition coefficient (Wildman–Crippen LogP) is -0.389. The Balaban J connectivity index is 2.46. The maximum Gasteiger partial charge on any atom is 0.0586 e. The summed E-state index contributed by atoms with van der Waals surface area (Å²) in [5.41, 5.74) is 0. The van der Waals surface area contributed by atoms with Crippen LogP contribution in [0.4, 0.5) is 0 Å². The van der Waals surface area contributed by atoms with E-state index in [-0.39, 0.29) is 6.04 Å². The maximum absolute atomic E-state index is 10.6. The highest BCUT2D eigenvalue weighted by molar-refractivity contribution is 5.71. The summed E-state index contributed by atoms with van der Waals surface area (Å²) in [6.07, 6.45) is 2.91. The van der Waals surface area contributed by atoms with E-state index >= 15 is 0 Å². The molecule has 0 aromatic rings. The first-order valence-electron chi connectivity index (χ1n) is 4.20. The Hall–Kier alpha value is -0.570. The Morgan fingerprint density at radius 2 is 2.09 bits per heavy atom. The van der Waals surface area contributed by atoms with E-state index in [1.807, 2.05) is 11.8 Å². The van der Waals surface area contributed by atoms with Crippen LogP contribution in [0.15, 0.2) is 0 Å². The third-order valence-corrected chi connectivity index (χ3v) is 2.24. The van der Waals surface area contributed by atoms with Crippen molar-refractivity contribution in [2.75, 3.05) is 13.1 Å². The highest BCUT2D eigenvalue weighted by atomic mass is 16.4. The number of nitrogens with zero attached hydrogens (tertiary/aromatic N) is 1. The molecule has 0 N–H and O–H groups in total. The number of carbonyl (C=O) groups excluding carboxylic acids is 1. The van der Waals surface area contributed by atoms with Crippen LogP contribution in [0.3, 0.4) is 0 Å². The number of carboxylic acids is 1. The molecule has 1 aliphatic heterocycles. The summed E-state index contributed by atoms with van der Waals surface area (Å²) in [4.78, 5) is 12.6. The van der Waals surface area contributed by atoms with Crippen molar-refractivity contribution in [1.29, 1.82) is 0 Å². The first kappa shape index (κ1) is 8.53. The average molecular weight is 156 g/mol. The van der Waals surface area contributed by atoms with Crippen molar-refractivity contribution in [2.24, 2.45) is 0 Å². The molecule has 3 heteroatoms. The number of rotatable bonds is 3. The van der Waals surface area contributed by atoms with Crippen LogP contribution in [0.5, 0.6) is 0 Å². The van der Waals surface area contributed by atoms with Gasteiger partial charge in [-0.3, -0.25) is 4.90 Å². The molecule has 0 radical (unpaired) electrons. The number of carbonyl (C=O) groups is 1. The highest BCUT2D eigenvalue weighted by Crippen LogP contribution is 2.13. The first-order chi connectivity index (χ1) is 5.25. The van der Waals surface area contributed by atoms with Crippen molar-refractivity contribution < 1.29 is 9.90 Å². The molecule has 1 fully saturated rings. The van der Waals surface area contributed by atoms with Crippen molar-refractivity contribution in [3.8, 4) is 0 Å². The van der Waals surface area contributed by atoms with Gasteiger partial charge in [0.2, 0.25) is 0 Å². The third kappa shape index (κ3) is 1.93. The second kappa shape index (κ2) is 3.72. The van der Waals surface area contributed by atoms with Gasteiger partial charge in [-0.05, 0) is 32.4 Å². The summed E-state index contributed by atoms with van der Waals surface area (Å²) >= 11 is 0. The van der Waals surface area contributed by atoms with E-state index in [0.29, 0.717) is 6.42 Å². The Bertz CT molecular complexity index is 141. The van der Waals surface area contributed by atoms with Crippen molar-refractivity contribution in [2.45, 2.75) is 32.2 Å². The fraction of sp³-hybridized carbons (Fsp3) is 0.875. The smallest absolute Gasteiger partial charge is 0.0586 e. The minimum atomic E-state index is -0.922. The Morgan fingerprint density at radius 1 is 1.55 bits per heavy atom. The lowest BCUT2D eigenvalue weighted by Gasteiger charge is -2.26. The van der Waals surface area contributed by atoms with Gasteiger partial charge in [-0.25, -0.2) is 0 Å². The van der Waals surface area contributed by atoms with E-state index in [9.17, 15) is 9.90 Å². The largest absolute Gasteiger partial charge is 0.548 e. The third-order valence-electron chi connectivity index (χ3n) is 2.24. The van der Waals surface area contributed by atoms with Gasteiger partial charge < -0.3 is 9.90 Å². The van der Waals surface area contributed by atoms with E-state index in [2.05, 4.69) is 0 Å². The number of hydrogen-bond acceptors (Lipinski definition) is 3. The lowest BCUT2D eigenvalue weighted by atomic mass is 10.2. The Morgan fingerprint density at radius 3 is 2.45 bits per heavy atom. The number of aliphatic carboxylic acids is 1. The van der Waals surface area contributed by atoms with Gasteiger partial charge in [0.05, 0.1) is 5.97 Å². The minimum absolute atomic E-state index is 0.350. The monoisotopic (exact) mass is 156 g/mol. The van der Waals surface area contributed by atoms with E-state index in [1.165, 1.54) is 0 Å². The number of carboxylic acid groups (broad SMARTS) is 1. The van der Waals surface area contributed by atoms with Crippen LogP contribution in [0.2, 0.25) is 0 Å². The summed E-state index contributed by atoms with van der Waals surface area (Å²) < 4.78 is 0. The number of likely N-dealkylation sites (tertiary alicyclic amines) is 1. The summed E-state index contributed by atoms with van der Waals surface area (Å²) in [5.74, 6) is -0.922. The van der Waals surface area contributed by atoms with Crippen molar-refractivity contribution >= 4 is 5.97 Å². The number of hydrogen-bond donors (Lipinski definition) is 0. The Kier molecular flexibility index (Phi) is 2.88. The van der Waals surface area contributed by atoms with Gasteiger partial charge in [-0.15, -0.1) is 0 Å².